The van der Waals surface area contributed by atoms with Gasteiger partial charge >= 0.3 is 0 Å². The van der Waals surface area contributed by atoms with Crippen molar-refractivity contribution in [3.63, 3.8) is 0 Å². The van der Waals surface area contributed by atoms with Gasteiger partial charge in [0, 0.05) is 6.54 Å². The van der Waals surface area contributed by atoms with Gasteiger partial charge in [-0.2, -0.15) is 0 Å². The lowest BCUT2D eigenvalue weighted by Gasteiger charge is -2.23. The van der Waals surface area contributed by atoms with Gasteiger partial charge in [-0.15, -0.1) is 0 Å². The third-order valence-electron chi connectivity index (χ3n) is 3.80. The monoisotopic (exact) mass is 224 g/mol. The van der Waals surface area contributed by atoms with Crippen LogP contribution >= 0.6 is 0 Å². The standard InChI is InChI=1S/C13H24N2O/c1-3-5-6-10-15-11(7-4-2)14-13(8-9-13)12(15)16/h11,14H,3-10H2,1-2H3. The second-order valence-electron chi connectivity index (χ2n) is 5.24. The average Bonchev–Trinajstić information content (AvgIpc) is 2.99. The van der Waals surface area contributed by atoms with Crippen LogP contribution < -0.4 is 5.32 Å². The lowest BCUT2D eigenvalue weighted by atomic mass is 10.2. The summed E-state index contributed by atoms with van der Waals surface area (Å²) in [5.41, 5.74) is -0.119. The Balaban J connectivity index is 1.93. The Morgan fingerprint density at radius 1 is 1.31 bits per heavy atom. The summed E-state index contributed by atoms with van der Waals surface area (Å²) in [5.74, 6) is 0.377. The summed E-state index contributed by atoms with van der Waals surface area (Å²) in [6, 6.07) is 0. The Labute approximate surface area is 98.6 Å². The van der Waals surface area contributed by atoms with Gasteiger partial charge in [0.15, 0.2) is 0 Å². The highest BCUT2D eigenvalue weighted by atomic mass is 16.2. The predicted molar refractivity (Wildman–Crippen MR) is 65.0 cm³/mol. The maximum absolute atomic E-state index is 12.2. The van der Waals surface area contributed by atoms with Gasteiger partial charge in [0.2, 0.25) is 5.91 Å². The first kappa shape index (κ1) is 11.9. The maximum Gasteiger partial charge on any atom is 0.244 e. The third kappa shape index (κ3) is 2.10. The van der Waals surface area contributed by atoms with Crippen LogP contribution in [-0.2, 0) is 4.79 Å². The van der Waals surface area contributed by atoms with Crippen molar-refractivity contribution in [3.8, 4) is 0 Å². The first-order valence-corrected chi connectivity index (χ1v) is 6.82. The number of carbonyl (C=O) groups excluding carboxylic acids is 1. The highest BCUT2D eigenvalue weighted by Crippen LogP contribution is 2.42. The summed E-state index contributed by atoms with van der Waals surface area (Å²) < 4.78 is 0. The van der Waals surface area contributed by atoms with Gasteiger partial charge in [0.25, 0.3) is 0 Å². The quantitative estimate of drug-likeness (QED) is 0.702. The van der Waals surface area contributed by atoms with Crippen LogP contribution in [-0.4, -0.2) is 29.1 Å². The second kappa shape index (κ2) is 4.74. The zero-order valence-electron chi connectivity index (χ0n) is 10.6. The fourth-order valence-electron chi connectivity index (χ4n) is 2.65. The third-order valence-corrected chi connectivity index (χ3v) is 3.80. The normalized spacial score (nSPS) is 26.8. The van der Waals surface area contributed by atoms with E-state index in [4.69, 9.17) is 0 Å². The summed E-state index contributed by atoms with van der Waals surface area (Å²) in [5, 5.41) is 3.55. The van der Waals surface area contributed by atoms with E-state index in [2.05, 4.69) is 24.1 Å². The largest absolute Gasteiger partial charge is 0.326 e. The van der Waals surface area contributed by atoms with E-state index in [1.807, 2.05) is 0 Å². The van der Waals surface area contributed by atoms with Crippen LogP contribution in [0.2, 0.25) is 0 Å². The molecule has 1 aliphatic carbocycles. The van der Waals surface area contributed by atoms with Crippen molar-refractivity contribution in [2.45, 2.75) is 70.5 Å². The van der Waals surface area contributed by atoms with Crippen molar-refractivity contribution in [3.05, 3.63) is 0 Å². The Morgan fingerprint density at radius 2 is 2.06 bits per heavy atom. The van der Waals surface area contributed by atoms with Gasteiger partial charge in [0.05, 0.1) is 11.7 Å². The molecule has 0 aromatic rings. The van der Waals surface area contributed by atoms with Gasteiger partial charge in [-0.1, -0.05) is 33.1 Å². The van der Waals surface area contributed by atoms with Crippen LogP contribution in [0.25, 0.3) is 0 Å². The number of unbranched alkanes of at least 4 members (excludes halogenated alkanes) is 2. The minimum atomic E-state index is -0.119. The lowest BCUT2D eigenvalue weighted by molar-refractivity contribution is -0.130. The molecule has 0 bridgehead atoms. The minimum absolute atomic E-state index is 0.119. The molecule has 1 amide bonds. The van der Waals surface area contributed by atoms with Crippen molar-refractivity contribution in [1.29, 1.82) is 0 Å². The molecule has 2 aliphatic rings. The van der Waals surface area contributed by atoms with Crippen molar-refractivity contribution in [2.75, 3.05) is 6.54 Å². The molecule has 1 saturated carbocycles. The van der Waals surface area contributed by atoms with E-state index in [1.54, 1.807) is 0 Å². The molecule has 1 heterocycles. The van der Waals surface area contributed by atoms with E-state index < -0.39 is 0 Å². The van der Waals surface area contributed by atoms with Crippen molar-refractivity contribution in [1.82, 2.24) is 10.2 Å². The smallest absolute Gasteiger partial charge is 0.244 e. The van der Waals surface area contributed by atoms with Crippen molar-refractivity contribution < 1.29 is 4.79 Å². The molecule has 0 aromatic heterocycles. The molecule has 3 heteroatoms. The summed E-state index contributed by atoms with van der Waals surface area (Å²) in [4.78, 5) is 14.3. The van der Waals surface area contributed by atoms with Gasteiger partial charge in [-0.05, 0) is 25.7 Å². The van der Waals surface area contributed by atoms with E-state index >= 15 is 0 Å². The average molecular weight is 224 g/mol. The molecule has 2 fully saturated rings. The topological polar surface area (TPSA) is 32.3 Å². The van der Waals surface area contributed by atoms with Gasteiger partial charge in [-0.3, -0.25) is 10.1 Å². The fraction of sp³-hybridized carbons (Fsp3) is 0.923. The zero-order chi connectivity index (χ0) is 11.6. The molecule has 1 unspecified atom stereocenters. The first-order chi connectivity index (χ1) is 7.73. The van der Waals surface area contributed by atoms with E-state index in [0.717, 1.165) is 38.6 Å². The van der Waals surface area contributed by atoms with Crippen molar-refractivity contribution in [2.24, 2.45) is 0 Å². The van der Waals surface area contributed by atoms with E-state index in [1.165, 1.54) is 12.8 Å². The second-order valence-corrected chi connectivity index (χ2v) is 5.24. The summed E-state index contributed by atoms with van der Waals surface area (Å²) >= 11 is 0. The predicted octanol–water partition coefficient (Wildman–Crippen LogP) is 2.27. The molecule has 1 aliphatic heterocycles. The molecule has 0 aromatic carbocycles. The Bertz CT molecular complexity index is 261. The molecule has 92 valence electrons. The van der Waals surface area contributed by atoms with Gasteiger partial charge in [-0.25, -0.2) is 0 Å². The van der Waals surface area contributed by atoms with E-state index in [-0.39, 0.29) is 5.54 Å². The van der Waals surface area contributed by atoms with E-state index in [9.17, 15) is 4.79 Å². The molecule has 2 rings (SSSR count). The lowest BCUT2D eigenvalue weighted by Crippen LogP contribution is -2.37. The van der Waals surface area contributed by atoms with Crippen LogP contribution in [0.4, 0.5) is 0 Å². The number of rotatable bonds is 6. The van der Waals surface area contributed by atoms with Gasteiger partial charge < -0.3 is 4.90 Å². The highest BCUT2D eigenvalue weighted by molar-refractivity contribution is 5.91. The fourth-order valence-corrected chi connectivity index (χ4v) is 2.65. The molecular formula is C13H24N2O. The summed E-state index contributed by atoms with van der Waals surface area (Å²) in [7, 11) is 0. The van der Waals surface area contributed by atoms with Crippen LogP contribution in [0.1, 0.15) is 58.8 Å². The molecule has 1 spiro atoms. The van der Waals surface area contributed by atoms with Crippen molar-refractivity contribution >= 4 is 5.91 Å². The molecule has 1 N–H and O–H groups in total. The van der Waals surface area contributed by atoms with Crippen LogP contribution in [0, 0.1) is 0 Å². The molecule has 0 radical (unpaired) electrons. The van der Waals surface area contributed by atoms with Gasteiger partial charge in [0.1, 0.15) is 0 Å². The number of nitrogens with one attached hydrogen (secondary N) is 1. The number of hydrogen-bond donors (Lipinski definition) is 1. The Kier molecular flexibility index (Phi) is 3.53. The zero-order valence-corrected chi connectivity index (χ0v) is 10.6. The Morgan fingerprint density at radius 3 is 2.62 bits per heavy atom. The molecule has 1 saturated heterocycles. The number of hydrogen-bond acceptors (Lipinski definition) is 2. The summed E-state index contributed by atoms with van der Waals surface area (Å²) in [6.45, 7) is 5.34. The Hall–Kier alpha value is -0.570. The molecule has 3 nitrogen and oxygen atoms in total. The van der Waals surface area contributed by atoms with E-state index in [0.29, 0.717) is 12.1 Å². The SMILES string of the molecule is CCCCCN1C(=O)C2(CC2)NC1CCC. The maximum atomic E-state index is 12.2. The van der Waals surface area contributed by atoms with Crippen LogP contribution in [0.5, 0.6) is 0 Å². The van der Waals surface area contributed by atoms with Crippen LogP contribution in [0.3, 0.4) is 0 Å². The first-order valence-electron chi connectivity index (χ1n) is 6.82. The number of nitrogens with zero attached hydrogens (tertiary/aromatic N) is 1. The minimum Gasteiger partial charge on any atom is -0.326 e. The summed E-state index contributed by atoms with van der Waals surface area (Å²) in [6.07, 6.45) is 8.27. The van der Waals surface area contributed by atoms with Crippen LogP contribution in [0.15, 0.2) is 0 Å². The molecular weight excluding hydrogens is 200 g/mol. The number of amides is 1. The molecule has 1 atom stereocenters. The highest BCUT2D eigenvalue weighted by Gasteiger charge is 2.58. The molecule has 16 heavy (non-hydrogen) atoms. The number of carbonyl (C=O) groups is 1.